The van der Waals surface area contributed by atoms with Crippen LogP contribution in [0.25, 0.3) is 0 Å². The second kappa shape index (κ2) is 9.76. The summed E-state index contributed by atoms with van der Waals surface area (Å²) in [6, 6.07) is 11.9. The fraction of sp³-hybridized carbons (Fsp3) is 0.393. The van der Waals surface area contributed by atoms with Crippen molar-refractivity contribution in [3.8, 4) is 5.75 Å². The molecular weight excluding hydrogens is 461 g/mol. The summed E-state index contributed by atoms with van der Waals surface area (Å²) in [6.45, 7) is 4.54. The van der Waals surface area contributed by atoms with E-state index in [2.05, 4.69) is 4.98 Å². The van der Waals surface area contributed by atoms with Crippen molar-refractivity contribution in [2.75, 3.05) is 13.6 Å². The van der Waals surface area contributed by atoms with E-state index in [0.717, 1.165) is 36.0 Å². The maximum Gasteiger partial charge on any atom is 0.275 e. The second-order valence-electron chi connectivity index (χ2n) is 9.80. The molecule has 0 N–H and O–H groups in total. The summed E-state index contributed by atoms with van der Waals surface area (Å²) in [5.41, 5.74) is 3.22. The number of benzene rings is 2. The third-order valence-corrected chi connectivity index (χ3v) is 6.97. The quantitative estimate of drug-likeness (QED) is 0.477. The van der Waals surface area contributed by atoms with E-state index < -0.39 is 0 Å². The Morgan fingerprint density at radius 2 is 1.94 bits per heavy atom. The molecule has 0 bridgehead atoms. The lowest BCUT2D eigenvalue weighted by Gasteiger charge is -2.38. The van der Waals surface area contributed by atoms with Crippen LogP contribution < -0.4 is 4.74 Å². The number of hydrogen-bond donors (Lipinski definition) is 0. The highest BCUT2D eigenvalue weighted by molar-refractivity contribution is 5.92. The zero-order chi connectivity index (χ0) is 25.4. The van der Waals surface area contributed by atoms with Crippen molar-refractivity contribution in [3.05, 3.63) is 82.8 Å². The van der Waals surface area contributed by atoms with E-state index in [1.54, 1.807) is 24.1 Å². The van der Waals surface area contributed by atoms with Crippen LogP contribution in [0.15, 0.2) is 53.1 Å². The van der Waals surface area contributed by atoms with Crippen molar-refractivity contribution in [1.82, 2.24) is 14.8 Å². The van der Waals surface area contributed by atoms with Crippen molar-refractivity contribution >= 4 is 11.8 Å². The fourth-order valence-electron chi connectivity index (χ4n) is 4.53. The van der Waals surface area contributed by atoms with Gasteiger partial charge in [0.15, 0.2) is 12.3 Å². The van der Waals surface area contributed by atoms with Crippen molar-refractivity contribution in [2.24, 2.45) is 5.92 Å². The first-order chi connectivity index (χ1) is 17.3. The van der Waals surface area contributed by atoms with E-state index in [1.807, 2.05) is 36.9 Å². The van der Waals surface area contributed by atoms with Gasteiger partial charge in [0.2, 0.25) is 11.8 Å². The molecule has 3 aromatic rings. The Morgan fingerprint density at radius 3 is 2.64 bits per heavy atom. The zero-order valence-electron chi connectivity index (χ0n) is 20.7. The monoisotopic (exact) mass is 491 g/mol. The molecule has 2 aromatic carbocycles. The van der Waals surface area contributed by atoms with Gasteiger partial charge in [-0.1, -0.05) is 18.2 Å². The van der Waals surface area contributed by atoms with E-state index in [9.17, 15) is 14.0 Å². The smallest absolute Gasteiger partial charge is 0.275 e. The molecule has 36 heavy (non-hydrogen) atoms. The summed E-state index contributed by atoms with van der Waals surface area (Å²) in [4.78, 5) is 33.4. The van der Waals surface area contributed by atoms with Crippen LogP contribution in [0, 0.1) is 11.7 Å². The number of halogens is 1. The van der Waals surface area contributed by atoms with Gasteiger partial charge in [-0.2, -0.15) is 0 Å². The first-order valence-electron chi connectivity index (χ1n) is 12.3. The average molecular weight is 492 g/mol. The Hall–Kier alpha value is -3.68. The summed E-state index contributed by atoms with van der Waals surface area (Å²) in [7, 11) is 1.72. The Labute approximate surface area is 209 Å². The topological polar surface area (TPSA) is 75.9 Å². The van der Waals surface area contributed by atoms with Crippen LogP contribution in [0.2, 0.25) is 0 Å². The van der Waals surface area contributed by atoms with Gasteiger partial charge in [0, 0.05) is 25.6 Å². The summed E-state index contributed by atoms with van der Waals surface area (Å²) < 4.78 is 25.1. The molecule has 8 heteroatoms. The van der Waals surface area contributed by atoms with Crippen LogP contribution in [-0.2, 0) is 17.8 Å². The molecular formula is C28H30FN3O4. The molecule has 1 aliphatic heterocycles. The van der Waals surface area contributed by atoms with Gasteiger partial charge in [-0.15, -0.1) is 0 Å². The molecule has 7 nitrogen and oxygen atoms in total. The molecule has 2 amide bonds. The molecule has 2 heterocycles. The molecule has 2 aliphatic rings. The minimum absolute atomic E-state index is 0.0461. The maximum atomic E-state index is 13.7. The van der Waals surface area contributed by atoms with E-state index in [4.69, 9.17) is 9.15 Å². The minimum Gasteiger partial charge on any atom is -0.484 e. The van der Waals surface area contributed by atoms with Crippen LogP contribution >= 0.6 is 0 Å². The zero-order valence-corrected chi connectivity index (χ0v) is 20.7. The minimum atomic E-state index is -0.310. The van der Waals surface area contributed by atoms with Gasteiger partial charge >= 0.3 is 0 Å². The van der Waals surface area contributed by atoms with Gasteiger partial charge in [0.05, 0.1) is 6.04 Å². The first-order valence-corrected chi connectivity index (χ1v) is 12.3. The Balaban J connectivity index is 1.38. The lowest BCUT2D eigenvalue weighted by atomic mass is 9.87. The highest BCUT2D eigenvalue weighted by Crippen LogP contribution is 2.41. The van der Waals surface area contributed by atoms with E-state index >= 15 is 0 Å². The highest BCUT2D eigenvalue weighted by atomic mass is 19.1. The fourth-order valence-corrected chi connectivity index (χ4v) is 4.53. The lowest BCUT2D eigenvalue weighted by Crippen LogP contribution is -2.41. The number of aromatic nitrogens is 1. The molecule has 1 fully saturated rings. The number of fused-ring (bicyclic) bond motifs is 1. The van der Waals surface area contributed by atoms with Crippen LogP contribution in [0.4, 0.5) is 4.39 Å². The van der Waals surface area contributed by atoms with Gasteiger partial charge in [0.1, 0.15) is 17.8 Å². The lowest BCUT2D eigenvalue weighted by molar-refractivity contribution is -0.134. The molecule has 1 unspecified atom stereocenters. The number of nitrogens with zero attached hydrogens (tertiary/aromatic N) is 3. The Kier molecular flexibility index (Phi) is 6.51. The summed E-state index contributed by atoms with van der Waals surface area (Å²) in [5, 5.41) is 0. The molecule has 0 saturated heterocycles. The van der Waals surface area contributed by atoms with E-state index in [0.29, 0.717) is 18.2 Å². The molecule has 1 aliphatic carbocycles. The van der Waals surface area contributed by atoms with Crippen molar-refractivity contribution in [2.45, 2.75) is 51.8 Å². The number of hydrogen-bond acceptors (Lipinski definition) is 5. The molecule has 188 valence electrons. The van der Waals surface area contributed by atoms with E-state index in [1.165, 1.54) is 18.4 Å². The average Bonchev–Trinajstić information content (AvgIpc) is 3.63. The van der Waals surface area contributed by atoms with Crippen molar-refractivity contribution in [1.29, 1.82) is 0 Å². The predicted molar refractivity (Wildman–Crippen MR) is 131 cm³/mol. The normalized spacial score (nSPS) is 17.1. The SMILES string of the molecule is CC(C)N(C)C(=O)c1coc(COc2ccc3c(c2)C(c2ccc(F)cc2)N(C(=O)C2CC2)CC3)n1. The number of carbonyl (C=O) groups is 2. The van der Waals surface area contributed by atoms with Crippen LogP contribution in [-0.4, -0.2) is 46.2 Å². The van der Waals surface area contributed by atoms with Gasteiger partial charge in [-0.25, -0.2) is 9.37 Å². The number of oxazole rings is 1. The van der Waals surface area contributed by atoms with E-state index in [-0.39, 0.29) is 47.9 Å². The molecule has 0 spiro atoms. The van der Waals surface area contributed by atoms with Crippen molar-refractivity contribution in [3.63, 3.8) is 0 Å². The molecule has 1 saturated carbocycles. The molecule has 1 atom stereocenters. The summed E-state index contributed by atoms with van der Waals surface area (Å²) >= 11 is 0. The Bertz CT molecular complexity index is 1270. The summed E-state index contributed by atoms with van der Waals surface area (Å²) in [5.74, 6) is 0.628. The van der Waals surface area contributed by atoms with Gasteiger partial charge in [0.25, 0.3) is 5.91 Å². The number of amides is 2. The predicted octanol–water partition coefficient (Wildman–Crippen LogP) is 4.76. The third-order valence-electron chi connectivity index (χ3n) is 6.97. The number of ether oxygens (including phenoxy) is 1. The number of rotatable bonds is 7. The molecule has 5 rings (SSSR count). The largest absolute Gasteiger partial charge is 0.484 e. The van der Waals surface area contributed by atoms with Crippen LogP contribution in [0.5, 0.6) is 5.75 Å². The standard InChI is InChI=1S/C28H30FN3O4/c1-17(2)31(3)28(34)24-15-36-25(30-24)16-35-22-11-8-18-12-13-32(27(33)20-4-5-20)26(23(18)14-22)19-6-9-21(29)10-7-19/h6-11,14-15,17,20,26H,4-5,12-13,16H2,1-3H3. The van der Waals surface area contributed by atoms with Gasteiger partial charge < -0.3 is 19.0 Å². The first kappa shape index (κ1) is 24.0. The number of carbonyl (C=O) groups excluding carboxylic acids is 2. The Morgan fingerprint density at radius 1 is 1.19 bits per heavy atom. The molecule has 1 aromatic heterocycles. The van der Waals surface area contributed by atoms with Crippen LogP contribution in [0.1, 0.15) is 65.8 Å². The van der Waals surface area contributed by atoms with Crippen molar-refractivity contribution < 1.29 is 23.1 Å². The maximum absolute atomic E-state index is 13.7. The molecule has 0 radical (unpaired) electrons. The summed E-state index contributed by atoms with van der Waals surface area (Å²) in [6.07, 6.45) is 3.95. The second-order valence-corrected chi connectivity index (χ2v) is 9.80. The van der Waals surface area contributed by atoms with Crippen LogP contribution in [0.3, 0.4) is 0 Å². The highest BCUT2D eigenvalue weighted by Gasteiger charge is 2.39. The third kappa shape index (κ3) is 4.85. The van der Waals surface area contributed by atoms with Gasteiger partial charge in [-0.3, -0.25) is 9.59 Å². The van der Waals surface area contributed by atoms with Gasteiger partial charge in [-0.05, 0) is 74.1 Å².